The van der Waals surface area contributed by atoms with Crippen LogP contribution in [0, 0.1) is 11.7 Å². The summed E-state index contributed by atoms with van der Waals surface area (Å²) in [6.07, 6.45) is -0.131. The monoisotopic (exact) mass is 359 g/mol. The molecule has 2 atom stereocenters. The number of carbonyl (C=O) groups excluding carboxylic acids is 1. The average molecular weight is 359 g/mol. The van der Waals surface area contributed by atoms with E-state index in [1.54, 1.807) is 47.4 Å². The van der Waals surface area contributed by atoms with Gasteiger partial charge in [-0.2, -0.15) is 0 Å². The fourth-order valence-corrected chi connectivity index (χ4v) is 3.03. The molecule has 2 N–H and O–H groups in total. The van der Waals surface area contributed by atoms with Crippen molar-refractivity contribution in [2.75, 3.05) is 19.7 Å². The van der Waals surface area contributed by atoms with E-state index in [0.717, 1.165) is 0 Å². The van der Waals surface area contributed by atoms with Crippen LogP contribution in [0.25, 0.3) is 0 Å². The predicted molar refractivity (Wildman–Crippen MR) is 94.3 cm³/mol. The Kier molecular flexibility index (Phi) is 5.85. The minimum absolute atomic E-state index is 0.0722. The third-order valence-electron chi connectivity index (χ3n) is 4.70. The van der Waals surface area contributed by atoms with Crippen molar-refractivity contribution in [3.8, 4) is 5.75 Å². The molecular weight excluding hydrogens is 337 g/mol. The van der Waals surface area contributed by atoms with E-state index in [1.165, 1.54) is 6.07 Å². The van der Waals surface area contributed by atoms with Crippen LogP contribution in [0.3, 0.4) is 0 Å². The third-order valence-corrected chi connectivity index (χ3v) is 4.70. The highest BCUT2D eigenvalue weighted by atomic mass is 19.1. The lowest BCUT2D eigenvalue weighted by Crippen LogP contribution is -2.47. The van der Waals surface area contributed by atoms with Gasteiger partial charge in [-0.15, -0.1) is 0 Å². The summed E-state index contributed by atoms with van der Waals surface area (Å²) < 4.78 is 19.2. The number of likely N-dealkylation sites (tertiary alicyclic amines) is 1. The second-order valence-corrected chi connectivity index (χ2v) is 6.45. The first-order valence-corrected chi connectivity index (χ1v) is 8.63. The Bertz CT molecular complexity index is 750. The molecule has 1 aliphatic heterocycles. The van der Waals surface area contributed by atoms with Gasteiger partial charge in [-0.3, -0.25) is 4.79 Å². The molecule has 2 aromatic carbocycles. The Hall–Kier alpha value is -2.44. The van der Waals surface area contributed by atoms with Crippen LogP contribution < -0.4 is 4.74 Å². The molecule has 6 heteroatoms. The maximum absolute atomic E-state index is 13.6. The van der Waals surface area contributed by atoms with Crippen LogP contribution in [0.4, 0.5) is 4.39 Å². The summed E-state index contributed by atoms with van der Waals surface area (Å²) in [4.78, 5) is 14.1. The number of piperidine rings is 1. The lowest BCUT2D eigenvalue weighted by molar-refractivity contribution is 0.000874. The van der Waals surface area contributed by atoms with E-state index in [9.17, 15) is 19.4 Å². The van der Waals surface area contributed by atoms with Gasteiger partial charge >= 0.3 is 0 Å². The molecule has 1 aliphatic rings. The van der Waals surface area contributed by atoms with Gasteiger partial charge in [-0.25, -0.2) is 4.39 Å². The van der Waals surface area contributed by atoms with E-state index < -0.39 is 6.10 Å². The van der Waals surface area contributed by atoms with Crippen LogP contribution in [0.15, 0.2) is 48.5 Å². The van der Waals surface area contributed by atoms with Crippen molar-refractivity contribution >= 4 is 5.91 Å². The van der Waals surface area contributed by atoms with Gasteiger partial charge in [0.2, 0.25) is 0 Å². The second kappa shape index (κ2) is 8.29. The fourth-order valence-electron chi connectivity index (χ4n) is 3.03. The van der Waals surface area contributed by atoms with Crippen LogP contribution in [-0.2, 0) is 6.61 Å². The van der Waals surface area contributed by atoms with Gasteiger partial charge in [0.25, 0.3) is 5.91 Å². The summed E-state index contributed by atoms with van der Waals surface area (Å²) in [6.45, 7) is 0.764. The number of aliphatic hydroxyl groups excluding tert-OH is 2. The van der Waals surface area contributed by atoms with E-state index in [2.05, 4.69) is 0 Å². The number of β-amino-alcohol motifs (C(OH)–C–C–N with tert-alkyl or cyclic N) is 1. The highest BCUT2D eigenvalue weighted by Crippen LogP contribution is 2.21. The quantitative estimate of drug-likeness (QED) is 0.859. The number of halogens is 1. The lowest BCUT2D eigenvalue weighted by atomic mass is 9.94. The van der Waals surface area contributed by atoms with Crippen molar-refractivity contribution in [3.05, 3.63) is 65.5 Å². The number of rotatable bonds is 5. The van der Waals surface area contributed by atoms with Crippen molar-refractivity contribution < 1.29 is 24.1 Å². The van der Waals surface area contributed by atoms with Gasteiger partial charge in [0.1, 0.15) is 18.2 Å². The van der Waals surface area contributed by atoms with Crippen molar-refractivity contribution in [1.29, 1.82) is 0 Å². The number of ether oxygens (including phenoxy) is 1. The number of aliphatic hydroxyl groups is 2. The molecule has 3 rings (SSSR count). The largest absolute Gasteiger partial charge is 0.489 e. The molecule has 0 radical (unpaired) electrons. The summed E-state index contributed by atoms with van der Waals surface area (Å²) >= 11 is 0. The van der Waals surface area contributed by atoms with Gasteiger partial charge in [0, 0.05) is 36.7 Å². The fraction of sp³-hybridized carbons (Fsp3) is 0.350. The first-order valence-electron chi connectivity index (χ1n) is 8.63. The number of benzene rings is 2. The molecule has 0 aromatic heterocycles. The number of carbonyl (C=O) groups is 1. The summed E-state index contributed by atoms with van der Waals surface area (Å²) in [7, 11) is 0. The molecule has 5 nitrogen and oxygen atoms in total. The molecule has 1 heterocycles. The Morgan fingerprint density at radius 2 is 1.92 bits per heavy atom. The zero-order valence-electron chi connectivity index (χ0n) is 14.3. The molecule has 0 aliphatic carbocycles. The molecule has 138 valence electrons. The first-order chi connectivity index (χ1) is 12.6. The van der Waals surface area contributed by atoms with Crippen LogP contribution >= 0.6 is 0 Å². The van der Waals surface area contributed by atoms with E-state index in [0.29, 0.717) is 29.8 Å². The summed E-state index contributed by atoms with van der Waals surface area (Å²) in [5.74, 6) is -0.109. The van der Waals surface area contributed by atoms with Crippen molar-refractivity contribution in [3.63, 3.8) is 0 Å². The Labute approximate surface area is 151 Å². The number of hydrogen-bond donors (Lipinski definition) is 2. The number of amides is 1. The first kappa shape index (κ1) is 18.4. The van der Waals surface area contributed by atoms with Gasteiger partial charge in [-0.1, -0.05) is 18.2 Å². The zero-order valence-corrected chi connectivity index (χ0v) is 14.3. The minimum Gasteiger partial charge on any atom is -0.489 e. The second-order valence-electron chi connectivity index (χ2n) is 6.45. The van der Waals surface area contributed by atoms with Crippen LogP contribution in [0.2, 0.25) is 0 Å². The number of nitrogens with zero attached hydrogens (tertiary/aromatic N) is 1. The van der Waals surface area contributed by atoms with Crippen molar-refractivity contribution in [1.82, 2.24) is 4.90 Å². The highest BCUT2D eigenvalue weighted by Gasteiger charge is 2.30. The maximum atomic E-state index is 13.6. The van der Waals surface area contributed by atoms with Gasteiger partial charge in [0.05, 0.1) is 6.10 Å². The molecule has 1 saturated heterocycles. The van der Waals surface area contributed by atoms with E-state index in [-0.39, 0.29) is 37.4 Å². The van der Waals surface area contributed by atoms with Crippen LogP contribution in [0.1, 0.15) is 22.3 Å². The molecule has 2 aromatic rings. The summed E-state index contributed by atoms with van der Waals surface area (Å²) in [5.41, 5.74) is 0.964. The Morgan fingerprint density at radius 3 is 2.58 bits per heavy atom. The SMILES string of the molecule is O=C(c1ccc(OCc2ccccc2F)cc1)N1CC[C@H](CO)[C@H](O)C1. The third kappa shape index (κ3) is 4.20. The normalized spacial score (nSPS) is 20.0. The van der Waals surface area contributed by atoms with Gasteiger partial charge in [0.15, 0.2) is 0 Å². The lowest BCUT2D eigenvalue weighted by Gasteiger charge is -2.35. The van der Waals surface area contributed by atoms with Gasteiger partial charge < -0.3 is 19.8 Å². The standard InChI is InChI=1S/C20H22FNO4/c21-18-4-2-1-3-16(18)13-26-17-7-5-14(6-8-17)20(25)22-10-9-15(12-23)19(24)11-22/h1-8,15,19,23-24H,9-13H2/t15-,19-/m1/s1. The minimum atomic E-state index is -0.707. The average Bonchev–Trinajstić information content (AvgIpc) is 2.67. The molecule has 0 bridgehead atoms. The highest BCUT2D eigenvalue weighted by molar-refractivity contribution is 5.94. The molecule has 26 heavy (non-hydrogen) atoms. The summed E-state index contributed by atoms with van der Waals surface area (Å²) in [5, 5.41) is 19.2. The van der Waals surface area contributed by atoms with Crippen molar-refractivity contribution in [2.45, 2.75) is 19.1 Å². The molecule has 1 fully saturated rings. The van der Waals surface area contributed by atoms with E-state index in [1.807, 2.05) is 0 Å². The topological polar surface area (TPSA) is 70.0 Å². The zero-order chi connectivity index (χ0) is 18.5. The Morgan fingerprint density at radius 1 is 1.19 bits per heavy atom. The van der Waals surface area contributed by atoms with Gasteiger partial charge in [-0.05, 0) is 36.8 Å². The smallest absolute Gasteiger partial charge is 0.253 e. The van der Waals surface area contributed by atoms with Crippen LogP contribution in [0.5, 0.6) is 5.75 Å². The van der Waals surface area contributed by atoms with E-state index in [4.69, 9.17) is 4.74 Å². The van der Waals surface area contributed by atoms with Crippen LogP contribution in [-0.4, -0.2) is 46.8 Å². The molecule has 0 spiro atoms. The number of hydrogen-bond acceptors (Lipinski definition) is 4. The maximum Gasteiger partial charge on any atom is 0.253 e. The predicted octanol–water partition coefficient (Wildman–Crippen LogP) is 2.22. The summed E-state index contributed by atoms with van der Waals surface area (Å²) in [6, 6.07) is 13.1. The van der Waals surface area contributed by atoms with E-state index >= 15 is 0 Å². The molecule has 0 saturated carbocycles. The Balaban J connectivity index is 1.59. The molecule has 0 unspecified atom stereocenters. The van der Waals surface area contributed by atoms with Crippen molar-refractivity contribution in [2.24, 2.45) is 5.92 Å². The molecule has 1 amide bonds. The molecular formula is C20H22FNO4.